The van der Waals surface area contributed by atoms with Gasteiger partial charge in [-0.1, -0.05) is 13.3 Å². The molecular weight excluding hydrogens is 242 g/mol. The van der Waals surface area contributed by atoms with E-state index in [-0.39, 0.29) is 18.2 Å². The molecule has 0 saturated heterocycles. The van der Waals surface area contributed by atoms with Gasteiger partial charge in [0.05, 0.1) is 5.92 Å². The van der Waals surface area contributed by atoms with Gasteiger partial charge in [0.1, 0.15) is 0 Å². The number of ether oxygens (including phenoxy) is 2. The maximum Gasteiger partial charge on any atom is 0.311 e. The van der Waals surface area contributed by atoms with Crippen LogP contribution in [-0.4, -0.2) is 25.9 Å². The summed E-state index contributed by atoms with van der Waals surface area (Å²) in [5.74, 6) is 1.97. The Bertz CT molecular complexity index is 308. The van der Waals surface area contributed by atoms with Crippen LogP contribution in [-0.2, 0) is 14.3 Å². The van der Waals surface area contributed by atoms with Gasteiger partial charge in [0.15, 0.2) is 0 Å². The second kappa shape index (κ2) is 6.71. The number of esters is 1. The zero-order valence-electron chi connectivity index (χ0n) is 12.1. The highest BCUT2D eigenvalue weighted by molar-refractivity contribution is 5.73. The van der Waals surface area contributed by atoms with Crippen molar-refractivity contribution >= 4 is 5.97 Å². The van der Waals surface area contributed by atoms with Crippen molar-refractivity contribution in [3.05, 3.63) is 0 Å². The molecule has 0 radical (unpaired) electrons. The Hall–Kier alpha value is -0.610. The maximum absolute atomic E-state index is 12.2. The average Bonchev–Trinajstić information content (AvgIpc) is 2.97. The van der Waals surface area contributed by atoms with Gasteiger partial charge in [0.25, 0.3) is 0 Å². The Morgan fingerprint density at radius 3 is 2.79 bits per heavy atom. The van der Waals surface area contributed by atoms with Crippen LogP contribution >= 0.6 is 0 Å². The van der Waals surface area contributed by atoms with Crippen molar-refractivity contribution in [1.29, 1.82) is 0 Å². The van der Waals surface area contributed by atoms with E-state index < -0.39 is 0 Å². The van der Waals surface area contributed by atoms with Crippen LogP contribution in [0.3, 0.4) is 0 Å². The first-order valence-electron chi connectivity index (χ1n) is 7.62. The van der Waals surface area contributed by atoms with Crippen LogP contribution in [0.2, 0.25) is 0 Å². The molecule has 0 aliphatic heterocycles. The van der Waals surface area contributed by atoms with E-state index in [2.05, 4.69) is 6.92 Å². The van der Waals surface area contributed by atoms with Crippen molar-refractivity contribution in [2.24, 2.45) is 29.4 Å². The van der Waals surface area contributed by atoms with E-state index in [1.807, 2.05) is 0 Å². The van der Waals surface area contributed by atoms with Crippen molar-refractivity contribution in [2.75, 3.05) is 13.7 Å². The number of hydrogen-bond acceptors (Lipinski definition) is 4. The van der Waals surface area contributed by atoms with E-state index in [1.54, 1.807) is 7.11 Å². The Kier molecular flexibility index (Phi) is 5.22. The van der Waals surface area contributed by atoms with Gasteiger partial charge >= 0.3 is 5.97 Å². The van der Waals surface area contributed by atoms with E-state index in [4.69, 9.17) is 15.2 Å². The van der Waals surface area contributed by atoms with Crippen LogP contribution in [0.5, 0.6) is 0 Å². The second-order valence-electron chi connectivity index (χ2n) is 6.06. The van der Waals surface area contributed by atoms with Gasteiger partial charge in [-0.3, -0.25) is 4.79 Å². The van der Waals surface area contributed by atoms with E-state index in [0.717, 1.165) is 32.2 Å². The van der Waals surface area contributed by atoms with Crippen molar-refractivity contribution in [1.82, 2.24) is 0 Å². The summed E-state index contributed by atoms with van der Waals surface area (Å²) in [6.45, 7) is 2.82. The quantitative estimate of drug-likeness (QED) is 0.594. The third-order valence-electron chi connectivity index (χ3n) is 4.93. The molecule has 0 heterocycles. The van der Waals surface area contributed by atoms with Gasteiger partial charge in [-0.15, -0.1) is 0 Å². The van der Waals surface area contributed by atoms with Crippen molar-refractivity contribution in [3.8, 4) is 0 Å². The van der Waals surface area contributed by atoms with Crippen LogP contribution in [0.1, 0.15) is 45.4 Å². The summed E-state index contributed by atoms with van der Waals surface area (Å²) in [4.78, 5) is 12.2. The highest BCUT2D eigenvalue weighted by Gasteiger charge is 2.45. The molecule has 0 aromatic heterocycles. The Labute approximate surface area is 116 Å². The van der Waals surface area contributed by atoms with E-state index >= 15 is 0 Å². The van der Waals surface area contributed by atoms with E-state index in [1.165, 1.54) is 12.8 Å². The lowest BCUT2D eigenvalue weighted by Gasteiger charge is -2.19. The second-order valence-corrected chi connectivity index (χ2v) is 6.06. The van der Waals surface area contributed by atoms with Gasteiger partial charge < -0.3 is 15.2 Å². The summed E-state index contributed by atoms with van der Waals surface area (Å²) in [6.07, 6.45) is 5.78. The summed E-state index contributed by atoms with van der Waals surface area (Å²) in [5.41, 5.74) is 5.82. The SMILES string of the molecule is CCCC(OC)OC(=O)C1CC2CCC(CN)C2C1. The molecule has 0 aromatic carbocycles. The van der Waals surface area contributed by atoms with E-state index in [9.17, 15) is 4.79 Å². The number of rotatable bonds is 6. The molecule has 2 N–H and O–H groups in total. The lowest BCUT2D eigenvalue weighted by Crippen LogP contribution is -2.25. The molecule has 5 unspecified atom stereocenters. The minimum absolute atomic E-state index is 0.0644. The van der Waals surface area contributed by atoms with E-state index in [0.29, 0.717) is 17.8 Å². The number of nitrogens with two attached hydrogens (primary N) is 1. The molecule has 2 fully saturated rings. The molecule has 19 heavy (non-hydrogen) atoms. The number of hydrogen-bond donors (Lipinski definition) is 1. The fourth-order valence-electron chi connectivity index (χ4n) is 3.88. The first-order chi connectivity index (χ1) is 9.19. The van der Waals surface area contributed by atoms with Crippen LogP contribution in [0.15, 0.2) is 0 Å². The maximum atomic E-state index is 12.2. The van der Waals surface area contributed by atoms with Gasteiger partial charge in [-0.2, -0.15) is 0 Å². The Morgan fingerprint density at radius 1 is 1.37 bits per heavy atom. The van der Waals surface area contributed by atoms with Crippen LogP contribution in [0.25, 0.3) is 0 Å². The molecule has 4 nitrogen and oxygen atoms in total. The normalized spacial score (nSPS) is 35.1. The van der Waals surface area contributed by atoms with Crippen molar-refractivity contribution < 1.29 is 14.3 Å². The van der Waals surface area contributed by atoms with Crippen molar-refractivity contribution in [3.63, 3.8) is 0 Å². The molecule has 0 spiro atoms. The first kappa shape index (κ1) is 14.8. The smallest absolute Gasteiger partial charge is 0.311 e. The molecule has 2 rings (SSSR count). The van der Waals surface area contributed by atoms with Crippen LogP contribution in [0.4, 0.5) is 0 Å². The largest absolute Gasteiger partial charge is 0.436 e. The fraction of sp³-hybridized carbons (Fsp3) is 0.933. The monoisotopic (exact) mass is 269 g/mol. The fourth-order valence-corrected chi connectivity index (χ4v) is 3.88. The number of carbonyl (C=O) groups excluding carboxylic acids is 1. The summed E-state index contributed by atoms with van der Waals surface area (Å²) >= 11 is 0. The minimum Gasteiger partial charge on any atom is -0.436 e. The Balaban J connectivity index is 1.85. The molecule has 2 aliphatic rings. The number of fused-ring (bicyclic) bond motifs is 1. The standard InChI is InChI=1S/C15H27NO3/c1-3-4-14(18-2)19-15(17)12-7-10-5-6-11(9-16)13(10)8-12/h10-14H,3-9,16H2,1-2H3. The number of methoxy groups -OCH3 is 1. The molecule has 0 aromatic rings. The molecule has 110 valence electrons. The Morgan fingerprint density at radius 2 is 2.16 bits per heavy atom. The molecule has 2 saturated carbocycles. The summed E-state index contributed by atoms with van der Waals surface area (Å²) in [7, 11) is 1.60. The third-order valence-corrected chi connectivity index (χ3v) is 4.93. The zero-order chi connectivity index (χ0) is 13.8. The third kappa shape index (κ3) is 3.29. The first-order valence-corrected chi connectivity index (χ1v) is 7.62. The summed E-state index contributed by atoms with van der Waals surface area (Å²) in [5, 5.41) is 0. The molecule has 2 aliphatic carbocycles. The lowest BCUT2D eigenvalue weighted by molar-refractivity contribution is -0.179. The van der Waals surface area contributed by atoms with Crippen LogP contribution < -0.4 is 5.73 Å². The predicted octanol–water partition coefficient (Wildman–Crippen LogP) is 2.31. The van der Waals surface area contributed by atoms with Gasteiger partial charge in [-0.25, -0.2) is 0 Å². The predicted molar refractivity (Wildman–Crippen MR) is 73.3 cm³/mol. The molecule has 4 heteroatoms. The van der Waals surface area contributed by atoms with Crippen LogP contribution in [0, 0.1) is 23.7 Å². The summed E-state index contributed by atoms with van der Waals surface area (Å²) in [6, 6.07) is 0. The molecule has 0 bridgehead atoms. The molecule has 5 atom stereocenters. The van der Waals surface area contributed by atoms with Crippen molar-refractivity contribution in [2.45, 2.75) is 51.7 Å². The zero-order valence-corrected chi connectivity index (χ0v) is 12.1. The van der Waals surface area contributed by atoms with Gasteiger partial charge in [0, 0.05) is 13.5 Å². The average molecular weight is 269 g/mol. The number of carbonyl (C=O) groups is 1. The molecule has 0 amide bonds. The van der Waals surface area contributed by atoms with Gasteiger partial charge in [0.2, 0.25) is 6.29 Å². The highest BCUT2D eigenvalue weighted by Crippen LogP contribution is 2.49. The molecular formula is C15H27NO3. The van der Waals surface area contributed by atoms with Gasteiger partial charge in [-0.05, 0) is 50.0 Å². The lowest BCUT2D eigenvalue weighted by atomic mass is 9.91. The summed E-state index contributed by atoms with van der Waals surface area (Å²) < 4.78 is 10.7. The topological polar surface area (TPSA) is 61.5 Å². The minimum atomic E-state index is -0.372. The highest BCUT2D eigenvalue weighted by atomic mass is 16.7.